The van der Waals surface area contributed by atoms with Crippen LogP contribution in [0.2, 0.25) is 5.02 Å². The SMILES string of the molecule is COc1ccc(C[C@@H](NC(=O)/C=C/CC[C@H](C)C2OC2c2ccc(CO)cc2)C(=O)NCC(C)(C)C(=O)N[C@@H](C)C(=O)O)cc1Cl. The highest BCUT2D eigenvalue weighted by Gasteiger charge is 2.43. The molecular formula is C34H44ClN3O8. The number of nitrogens with one attached hydrogen (secondary N) is 3. The number of carbonyl (C=O) groups is 4. The number of amides is 3. The third-order valence-electron chi connectivity index (χ3n) is 7.96. The molecule has 0 aromatic heterocycles. The maximum absolute atomic E-state index is 13.3. The van der Waals surface area contributed by atoms with Gasteiger partial charge in [0, 0.05) is 13.0 Å². The molecule has 0 spiro atoms. The van der Waals surface area contributed by atoms with Crippen molar-refractivity contribution in [3.8, 4) is 5.75 Å². The summed E-state index contributed by atoms with van der Waals surface area (Å²) in [4.78, 5) is 50.0. The van der Waals surface area contributed by atoms with Crippen LogP contribution in [0.5, 0.6) is 5.75 Å². The van der Waals surface area contributed by atoms with Crippen molar-refractivity contribution in [1.29, 1.82) is 0 Å². The quantitative estimate of drug-likeness (QED) is 0.127. The number of hydrogen-bond donors (Lipinski definition) is 5. The number of aliphatic hydroxyl groups excluding tert-OH is 1. The summed E-state index contributed by atoms with van der Waals surface area (Å²) in [5.74, 6) is -1.95. The van der Waals surface area contributed by atoms with E-state index in [1.807, 2.05) is 24.3 Å². The van der Waals surface area contributed by atoms with Crippen LogP contribution in [0.1, 0.15) is 63.3 Å². The number of carboxylic acid groups (broad SMARTS) is 1. The molecule has 11 nitrogen and oxygen atoms in total. The number of methoxy groups -OCH3 is 1. The van der Waals surface area contributed by atoms with Crippen LogP contribution in [0, 0.1) is 11.3 Å². The Labute approximate surface area is 274 Å². The number of carboxylic acids is 1. The van der Waals surface area contributed by atoms with Crippen LogP contribution in [0.4, 0.5) is 0 Å². The van der Waals surface area contributed by atoms with Gasteiger partial charge >= 0.3 is 5.97 Å². The number of halogens is 1. The molecule has 5 N–H and O–H groups in total. The van der Waals surface area contributed by atoms with Crippen molar-refractivity contribution < 1.29 is 38.9 Å². The largest absolute Gasteiger partial charge is 0.495 e. The third-order valence-corrected chi connectivity index (χ3v) is 8.26. The van der Waals surface area contributed by atoms with Crippen molar-refractivity contribution in [1.82, 2.24) is 16.0 Å². The molecular weight excluding hydrogens is 614 g/mol. The van der Waals surface area contributed by atoms with Gasteiger partial charge in [-0.05, 0) is 74.4 Å². The van der Waals surface area contributed by atoms with Crippen molar-refractivity contribution in [2.24, 2.45) is 11.3 Å². The lowest BCUT2D eigenvalue weighted by Crippen LogP contribution is -2.53. The van der Waals surface area contributed by atoms with Crippen molar-refractivity contribution in [3.63, 3.8) is 0 Å². The van der Waals surface area contributed by atoms with Gasteiger partial charge in [0.05, 0.1) is 30.3 Å². The number of ether oxygens (including phenoxy) is 2. The fourth-order valence-electron chi connectivity index (χ4n) is 4.82. The molecule has 46 heavy (non-hydrogen) atoms. The smallest absolute Gasteiger partial charge is 0.325 e. The Kier molecular flexibility index (Phi) is 13.2. The van der Waals surface area contributed by atoms with E-state index in [-0.39, 0.29) is 37.7 Å². The number of carbonyl (C=O) groups excluding carboxylic acids is 3. The molecule has 1 fully saturated rings. The molecule has 2 aromatic rings. The first-order valence-corrected chi connectivity index (χ1v) is 15.6. The van der Waals surface area contributed by atoms with E-state index in [9.17, 15) is 24.3 Å². The second-order valence-electron chi connectivity index (χ2n) is 12.2. The Morgan fingerprint density at radius 2 is 1.74 bits per heavy atom. The molecule has 3 amide bonds. The normalized spacial score (nSPS) is 17.9. The van der Waals surface area contributed by atoms with E-state index in [4.69, 9.17) is 26.2 Å². The van der Waals surface area contributed by atoms with Gasteiger partial charge in [0.25, 0.3) is 0 Å². The predicted octanol–water partition coefficient (Wildman–Crippen LogP) is 3.71. The molecule has 2 unspecified atom stereocenters. The number of hydrogen-bond acceptors (Lipinski definition) is 7. The number of aliphatic carboxylic acids is 1. The fraction of sp³-hybridized carbons (Fsp3) is 0.471. The second kappa shape index (κ2) is 16.6. The molecule has 0 bridgehead atoms. The van der Waals surface area contributed by atoms with Crippen LogP contribution in [-0.2, 0) is 36.9 Å². The molecule has 0 radical (unpaired) electrons. The Bertz CT molecular complexity index is 1410. The lowest BCUT2D eigenvalue weighted by Gasteiger charge is -2.26. The standard InChI is InChI=1S/C34H44ClN3O8/c1-20(29-30(46-29)24-13-10-22(18-39)11-14-24)8-6-7-9-28(40)38-26(17-23-12-15-27(45-5)25(35)16-23)31(41)36-19-34(3,4)33(44)37-21(2)32(42)43/h7,9-16,20-21,26,29-30,39H,6,8,17-19H2,1-5H3,(H,36,41)(H,37,44)(H,38,40)(H,42,43)/b9-7+/t20-,21-,26+,29?,30?/m0/s1. The van der Waals surface area contributed by atoms with E-state index in [2.05, 4.69) is 22.9 Å². The van der Waals surface area contributed by atoms with Gasteiger partial charge in [0.15, 0.2) is 0 Å². The number of benzene rings is 2. The predicted molar refractivity (Wildman–Crippen MR) is 173 cm³/mol. The monoisotopic (exact) mass is 657 g/mol. The van der Waals surface area contributed by atoms with E-state index < -0.39 is 41.2 Å². The van der Waals surface area contributed by atoms with Crippen LogP contribution in [-0.4, -0.2) is 65.7 Å². The maximum atomic E-state index is 13.3. The van der Waals surface area contributed by atoms with Gasteiger partial charge in [-0.1, -0.05) is 54.9 Å². The lowest BCUT2D eigenvalue weighted by atomic mass is 9.91. The second-order valence-corrected chi connectivity index (χ2v) is 12.7. The van der Waals surface area contributed by atoms with Crippen LogP contribution in [0.3, 0.4) is 0 Å². The highest BCUT2D eigenvalue weighted by Crippen LogP contribution is 2.44. The molecule has 12 heteroatoms. The van der Waals surface area contributed by atoms with Crippen LogP contribution >= 0.6 is 11.6 Å². The average Bonchev–Trinajstić information content (AvgIpc) is 3.83. The minimum absolute atomic E-state index is 0.000717. The summed E-state index contributed by atoms with van der Waals surface area (Å²) in [6.45, 7) is 6.52. The Morgan fingerprint density at radius 1 is 1.07 bits per heavy atom. The number of allylic oxidation sites excluding steroid dienone is 1. The first-order valence-electron chi connectivity index (χ1n) is 15.2. The third kappa shape index (κ3) is 10.6. The minimum atomic E-state index is -1.17. The summed E-state index contributed by atoms with van der Waals surface area (Å²) in [5.41, 5.74) is 1.48. The van der Waals surface area contributed by atoms with E-state index in [1.165, 1.54) is 20.1 Å². The summed E-state index contributed by atoms with van der Waals surface area (Å²) < 4.78 is 11.1. The first kappa shape index (κ1) is 36.5. The Hall–Kier alpha value is -3.93. The zero-order valence-corrected chi connectivity index (χ0v) is 27.6. The minimum Gasteiger partial charge on any atom is -0.495 e. The topological polar surface area (TPSA) is 167 Å². The van der Waals surface area contributed by atoms with Gasteiger partial charge in [-0.15, -0.1) is 0 Å². The molecule has 1 heterocycles. The van der Waals surface area contributed by atoms with Crippen molar-refractivity contribution in [2.75, 3.05) is 13.7 Å². The van der Waals surface area contributed by atoms with Gasteiger partial charge in [0.1, 0.15) is 23.9 Å². The van der Waals surface area contributed by atoms with Crippen LogP contribution in [0.15, 0.2) is 54.6 Å². The molecule has 1 saturated heterocycles. The molecule has 0 aliphatic carbocycles. The average molecular weight is 658 g/mol. The summed E-state index contributed by atoms with van der Waals surface area (Å²) >= 11 is 6.28. The van der Waals surface area contributed by atoms with Gasteiger partial charge in [-0.2, -0.15) is 0 Å². The summed E-state index contributed by atoms with van der Waals surface area (Å²) in [6.07, 6.45) is 4.82. The Morgan fingerprint density at radius 3 is 2.35 bits per heavy atom. The van der Waals surface area contributed by atoms with E-state index in [0.717, 1.165) is 17.5 Å². The maximum Gasteiger partial charge on any atom is 0.325 e. The zero-order valence-electron chi connectivity index (χ0n) is 26.8. The first-order chi connectivity index (χ1) is 21.7. The number of rotatable bonds is 17. The lowest BCUT2D eigenvalue weighted by molar-refractivity contribution is -0.143. The fourth-order valence-corrected chi connectivity index (χ4v) is 5.10. The molecule has 2 aromatic carbocycles. The zero-order chi connectivity index (χ0) is 34.0. The highest BCUT2D eigenvalue weighted by atomic mass is 35.5. The molecule has 0 saturated carbocycles. The van der Waals surface area contributed by atoms with Gasteiger partial charge in [0.2, 0.25) is 17.7 Å². The van der Waals surface area contributed by atoms with Crippen LogP contribution < -0.4 is 20.7 Å². The van der Waals surface area contributed by atoms with Crippen molar-refractivity contribution in [2.45, 2.75) is 77.9 Å². The number of aliphatic hydroxyl groups is 1. The van der Waals surface area contributed by atoms with Crippen molar-refractivity contribution in [3.05, 3.63) is 76.3 Å². The van der Waals surface area contributed by atoms with E-state index >= 15 is 0 Å². The van der Waals surface area contributed by atoms with Gasteiger partial charge in [-0.3, -0.25) is 19.2 Å². The van der Waals surface area contributed by atoms with E-state index in [1.54, 1.807) is 38.1 Å². The molecule has 3 rings (SSSR count). The number of epoxide rings is 1. The van der Waals surface area contributed by atoms with E-state index in [0.29, 0.717) is 22.8 Å². The molecule has 250 valence electrons. The summed E-state index contributed by atoms with van der Waals surface area (Å²) in [6, 6.07) is 10.7. The van der Waals surface area contributed by atoms with Gasteiger partial charge < -0.3 is 35.6 Å². The molecule has 5 atom stereocenters. The van der Waals surface area contributed by atoms with Crippen LogP contribution in [0.25, 0.3) is 0 Å². The summed E-state index contributed by atoms with van der Waals surface area (Å²) in [5, 5.41) is 26.6. The van der Waals surface area contributed by atoms with Crippen molar-refractivity contribution >= 4 is 35.3 Å². The van der Waals surface area contributed by atoms with Gasteiger partial charge in [-0.25, -0.2) is 0 Å². The Balaban J connectivity index is 1.58. The summed E-state index contributed by atoms with van der Waals surface area (Å²) in [7, 11) is 1.49. The molecule has 1 aliphatic heterocycles. The molecule has 1 aliphatic rings. The highest BCUT2D eigenvalue weighted by molar-refractivity contribution is 6.32.